The van der Waals surface area contributed by atoms with E-state index in [0.29, 0.717) is 30.6 Å². The summed E-state index contributed by atoms with van der Waals surface area (Å²) in [6, 6.07) is 2.79. The first-order chi connectivity index (χ1) is 11.9. The van der Waals surface area contributed by atoms with Gasteiger partial charge in [-0.3, -0.25) is 4.79 Å². The first-order valence-corrected chi connectivity index (χ1v) is 8.46. The van der Waals surface area contributed by atoms with E-state index in [1.807, 2.05) is 6.08 Å². The predicted octanol–water partition coefficient (Wildman–Crippen LogP) is 4.90. The molecule has 0 spiro atoms. The molecule has 1 aliphatic heterocycles. The molecule has 0 radical (unpaired) electrons. The van der Waals surface area contributed by atoms with Gasteiger partial charge in [0.05, 0.1) is 10.1 Å². The van der Waals surface area contributed by atoms with Crippen LogP contribution in [0.3, 0.4) is 0 Å². The van der Waals surface area contributed by atoms with Crippen LogP contribution in [-0.4, -0.2) is 19.5 Å². The number of allylic oxidation sites excluding steroid dienone is 5. The van der Waals surface area contributed by atoms with E-state index in [1.165, 1.54) is 18.2 Å². The molecule has 25 heavy (non-hydrogen) atoms. The second kappa shape index (κ2) is 9.13. The molecule has 2 unspecified atom stereocenters. The largest absolute Gasteiger partial charge is 0.328 e. The smallest absolute Gasteiger partial charge is 0.211 e. The molecule has 1 aliphatic rings. The normalized spacial score (nSPS) is 20.9. The fraction of sp³-hybridized carbons (Fsp3) is 0.278. The van der Waals surface area contributed by atoms with Crippen molar-refractivity contribution in [3.63, 3.8) is 0 Å². The Kier molecular flexibility index (Phi) is 7.17. The lowest BCUT2D eigenvalue weighted by Crippen LogP contribution is -2.13. The van der Waals surface area contributed by atoms with Crippen molar-refractivity contribution in [3.05, 3.63) is 64.2 Å². The fourth-order valence-electron chi connectivity index (χ4n) is 2.90. The molecule has 0 aromatic heterocycles. The van der Waals surface area contributed by atoms with Gasteiger partial charge in [-0.15, -0.1) is 0 Å². The summed E-state index contributed by atoms with van der Waals surface area (Å²) in [4.78, 5) is 10.8. The van der Waals surface area contributed by atoms with Gasteiger partial charge in [0.25, 0.3) is 0 Å². The first kappa shape index (κ1) is 19.6. The molecule has 1 fully saturated rings. The van der Waals surface area contributed by atoms with Crippen molar-refractivity contribution in [1.82, 2.24) is 5.32 Å². The molecular weight excluding hydrogens is 369 g/mol. The Morgan fingerprint density at radius 2 is 2.20 bits per heavy atom. The Labute approximate surface area is 155 Å². The van der Waals surface area contributed by atoms with Crippen LogP contribution in [0, 0.1) is 11.7 Å². The van der Waals surface area contributed by atoms with Gasteiger partial charge in [-0.05, 0) is 42.7 Å². The third-order valence-electron chi connectivity index (χ3n) is 4.12. The second-order valence-corrected chi connectivity index (χ2v) is 6.54. The second-order valence-electron chi connectivity index (χ2n) is 5.72. The molecule has 1 saturated heterocycles. The number of benzene rings is 1. The molecule has 7 heteroatoms. The summed E-state index contributed by atoms with van der Waals surface area (Å²) in [5, 5.41) is 5.76. The summed E-state index contributed by atoms with van der Waals surface area (Å²) in [6.07, 6.45) is 6.19. The molecule has 134 valence electrons. The summed E-state index contributed by atoms with van der Waals surface area (Å²) >= 11 is 11.5. The molecule has 0 aliphatic carbocycles. The van der Waals surface area contributed by atoms with E-state index in [1.54, 1.807) is 6.08 Å². The van der Waals surface area contributed by atoms with Gasteiger partial charge in [-0.2, -0.15) is 0 Å². The predicted molar refractivity (Wildman–Crippen MR) is 98.1 cm³/mol. The van der Waals surface area contributed by atoms with E-state index in [4.69, 9.17) is 23.2 Å². The number of nitrogens with one attached hydrogen (secondary N) is 2. The molecule has 0 bridgehead atoms. The molecular formula is C18H18Cl2F2N2O. The molecule has 2 rings (SSSR count). The molecule has 2 atom stereocenters. The number of rotatable bonds is 7. The number of halogens is 4. The Hall–Kier alpha value is -1.69. The zero-order chi connectivity index (χ0) is 18.4. The van der Waals surface area contributed by atoms with Crippen LogP contribution in [0.4, 0.5) is 14.5 Å². The molecule has 2 N–H and O–H groups in total. The molecule has 0 saturated carbocycles. The van der Waals surface area contributed by atoms with Crippen LogP contribution in [0.5, 0.6) is 0 Å². The molecule has 3 nitrogen and oxygen atoms in total. The zero-order valence-electron chi connectivity index (χ0n) is 13.4. The fourth-order valence-corrected chi connectivity index (χ4v) is 3.13. The summed E-state index contributed by atoms with van der Waals surface area (Å²) in [6.45, 7) is 4.51. The zero-order valence-corrected chi connectivity index (χ0v) is 14.9. The van der Waals surface area contributed by atoms with Crippen LogP contribution in [0.15, 0.2) is 47.8 Å². The minimum absolute atomic E-state index is 0.00876. The van der Waals surface area contributed by atoms with Crippen molar-refractivity contribution in [2.75, 3.05) is 18.4 Å². The van der Waals surface area contributed by atoms with E-state index in [-0.39, 0.29) is 21.9 Å². The van der Waals surface area contributed by atoms with Crippen molar-refractivity contribution in [1.29, 1.82) is 0 Å². The highest BCUT2D eigenvalue weighted by Gasteiger charge is 2.30. The lowest BCUT2D eigenvalue weighted by Gasteiger charge is -2.21. The van der Waals surface area contributed by atoms with Crippen molar-refractivity contribution in [2.45, 2.75) is 12.3 Å². The van der Waals surface area contributed by atoms with Crippen LogP contribution in [0.25, 0.3) is 0 Å². The Morgan fingerprint density at radius 1 is 1.44 bits per heavy atom. The highest BCUT2D eigenvalue weighted by atomic mass is 35.5. The molecule has 1 heterocycles. The van der Waals surface area contributed by atoms with Crippen LogP contribution >= 0.6 is 23.2 Å². The minimum atomic E-state index is -0.687. The summed E-state index contributed by atoms with van der Waals surface area (Å²) in [7, 11) is 0. The SMILES string of the molecule is C=C(F)/C(Cl)=C\C=C/CC1CNCC1c1cc(F)c(Cl)cc1NC=O. The number of anilines is 1. The number of carbonyl (C=O) groups is 1. The van der Waals surface area contributed by atoms with E-state index in [9.17, 15) is 13.6 Å². The standard InChI is InChI=1S/C18H18Cl2F2N2O/c1-11(21)15(19)5-3-2-4-12-8-23-9-14(12)13-6-17(22)16(20)7-18(13)24-10-25/h2-3,5-7,10,12,14,23H,1,4,8-9H2,(H,24,25)/b3-2-,15-5+. The van der Waals surface area contributed by atoms with Crippen LogP contribution < -0.4 is 10.6 Å². The summed E-state index contributed by atoms with van der Waals surface area (Å²) in [5.41, 5.74) is 1.20. The minimum Gasteiger partial charge on any atom is -0.328 e. The maximum Gasteiger partial charge on any atom is 0.211 e. The van der Waals surface area contributed by atoms with Crippen molar-refractivity contribution >= 4 is 35.3 Å². The van der Waals surface area contributed by atoms with Crippen molar-refractivity contribution in [2.24, 2.45) is 5.92 Å². The maximum absolute atomic E-state index is 13.9. The summed E-state index contributed by atoms with van der Waals surface area (Å²) in [5.74, 6) is -1.02. The van der Waals surface area contributed by atoms with E-state index < -0.39 is 11.6 Å². The first-order valence-electron chi connectivity index (χ1n) is 7.71. The van der Waals surface area contributed by atoms with Gasteiger partial charge in [-0.1, -0.05) is 41.9 Å². The monoisotopic (exact) mass is 386 g/mol. The Bertz CT molecular complexity index is 719. The highest BCUT2D eigenvalue weighted by molar-refractivity contribution is 6.31. The van der Waals surface area contributed by atoms with Crippen LogP contribution in [0.1, 0.15) is 17.9 Å². The van der Waals surface area contributed by atoms with Gasteiger partial charge < -0.3 is 10.6 Å². The third kappa shape index (κ3) is 5.14. The number of carbonyl (C=O) groups excluding carboxylic acids is 1. The number of hydrogen-bond donors (Lipinski definition) is 2. The molecule has 1 aromatic carbocycles. The van der Waals surface area contributed by atoms with E-state index >= 15 is 0 Å². The Morgan fingerprint density at radius 3 is 2.88 bits per heavy atom. The van der Waals surface area contributed by atoms with Gasteiger partial charge in [0.2, 0.25) is 6.41 Å². The van der Waals surface area contributed by atoms with Gasteiger partial charge in [0, 0.05) is 18.2 Å². The Balaban J connectivity index is 2.17. The average molecular weight is 387 g/mol. The number of amides is 1. The van der Waals surface area contributed by atoms with Crippen LogP contribution in [0.2, 0.25) is 5.02 Å². The van der Waals surface area contributed by atoms with Crippen molar-refractivity contribution in [3.8, 4) is 0 Å². The topological polar surface area (TPSA) is 41.1 Å². The van der Waals surface area contributed by atoms with Gasteiger partial charge in [0.1, 0.15) is 11.6 Å². The molecule has 1 aromatic rings. The molecule has 1 amide bonds. The quantitative estimate of drug-likeness (QED) is 0.516. The van der Waals surface area contributed by atoms with Gasteiger partial charge in [-0.25, -0.2) is 8.78 Å². The van der Waals surface area contributed by atoms with Crippen molar-refractivity contribution < 1.29 is 13.6 Å². The van der Waals surface area contributed by atoms with Gasteiger partial charge in [0.15, 0.2) is 0 Å². The maximum atomic E-state index is 13.9. The average Bonchev–Trinajstić information content (AvgIpc) is 3.03. The lowest BCUT2D eigenvalue weighted by molar-refractivity contribution is -0.105. The third-order valence-corrected chi connectivity index (χ3v) is 4.74. The van der Waals surface area contributed by atoms with Crippen LogP contribution in [-0.2, 0) is 4.79 Å². The summed E-state index contributed by atoms with van der Waals surface area (Å²) < 4.78 is 26.7. The lowest BCUT2D eigenvalue weighted by atomic mass is 9.85. The van der Waals surface area contributed by atoms with E-state index in [2.05, 4.69) is 17.2 Å². The van der Waals surface area contributed by atoms with E-state index in [0.717, 1.165) is 6.54 Å². The van der Waals surface area contributed by atoms with Gasteiger partial charge >= 0.3 is 0 Å². The number of hydrogen-bond acceptors (Lipinski definition) is 2. The highest BCUT2D eigenvalue weighted by Crippen LogP contribution is 2.37.